The Labute approximate surface area is 133 Å². The second-order valence-corrected chi connectivity index (χ2v) is 5.53. The third kappa shape index (κ3) is 3.24. The molecular formula is C14H19N7O2. The Morgan fingerprint density at radius 3 is 2.83 bits per heavy atom. The number of hydrogen-bond donors (Lipinski definition) is 3. The van der Waals surface area contributed by atoms with Crippen LogP contribution in [-0.2, 0) is 9.53 Å². The zero-order valence-electron chi connectivity index (χ0n) is 12.6. The van der Waals surface area contributed by atoms with Crippen molar-refractivity contribution in [2.24, 2.45) is 11.1 Å². The first kappa shape index (κ1) is 15.2. The van der Waals surface area contributed by atoms with Crippen LogP contribution in [-0.4, -0.2) is 45.4 Å². The van der Waals surface area contributed by atoms with Crippen molar-refractivity contribution in [2.75, 3.05) is 30.8 Å². The zero-order valence-corrected chi connectivity index (χ0v) is 12.6. The van der Waals surface area contributed by atoms with Gasteiger partial charge in [-0.3, -0.25) is 4.79 Å². The van der Waals surface area contributed by atoms with Crippen molar-refractivity contribution in [3.05, 3.63) is 24.5 Å². The molecule has 0 saturated carbocycles. The van der Waals surface area contributed by atoms with Crippen molar-refractivity contribution in [3.63, 3.8) is 0 Å². The van der Waals surface area contributed by atoms with Gasteiger partial charge in [0.05, 0.1) is 5.41 Å². The van der Waals surface area contributed by atoms with E-state index in [0.29, 0.717) is 44.2 Å². The molecule has 122 valence electrons. The monoisotopic (exact) mass is 317 g/mol. The number of nitrogens with zero attached hydrogens (tertiary/aromatic N) is 4. The molecule has 0 radical (unpaired) electrons. The van der Waals surface area contributed by atoms with Gasteiger partial charge in [0, 0.05) is 38.2 Å². The summed E-state index contributed by atoms with van der Waals surface area (Å²) in [6.45, 7) is 1.42. The van der Waals surface area contributed by atoms with E-state index in [0.717, 1.165) is 0 Å². The summed E-state index contributed by atoms with van der Waals surface area (Å²) in [4.78, 5) is 20.2. The molecule has 2 aromatic heterocycles. The highest BCUT2D eigenvalue weighted by atomic mass is 16.5. The standard InChI is InChI=1S/C14H19N7O2/c15-12(22)14(2-6-23-7-3-14)9-17-10-8-11(20-13(16)19-10)21-5-1-4-18-21/h1,4-5,8H,2-3,6-7,9H2,(H2,15,22)(H3,16,17,19,20). The minimum absolute atomic E-state index is 0.126. The summed E-state index contributed by atoms with van der Waals surface area (Å²) in [6.07, 6.45) is 4.58. The topological polar surface area (TPSA) is 134 Å². The van der Waals surface area contributed by atoms with Crippen LogP contribution in [0.5, 0.6) is 0 Å². The van der Waals surface area contributed by atoms with Crippen LogP contribution < -0.4 is 16.8 Å². The molecule has 23 heavy (non-hydrogen) atoms. The van der Waals surface area contributed by atoms with E-state index in [1.54, 1.807) is 29.2 Å². The van der Waals surface area contributed by atoms with Gasteiger partial charge in [-0.2, -0.15) is 15.1 Å². The van der Waals surface area contributed by atoms with Crippen LogP contribution >= 0.6 is 0 Å². The Morgan fingerprint density at radius 1 is 1.39 bits per heavy atom. The number of ether oxygens (including phenoxy) is 1. The van der Waals surface area contributed by atoms with Crippen molar-refractivity contribution in [1.29, 1.82) is 0 Å². The van der Waals surface area contributed by atoms with Gasteiger partial charge in [0.2, 0.25) is 11.9 Å². The molecule has 1 saturated heterocycles. The summed E-state index contributed by atoms with van der Waals surface area (Å²) in [6, 6.07) is 3.51. The van der Waals surface area contributed by atoms with Gasteiger partial charge in [-0.25, -0.2) is 4.68 Å². The summed E-state index contributed by atoms with van der Waals surface area (Å²) in [5, 5.41) is 7.26. The van der Waals surface area contributed by atoms with E-state index in [9.17, 15) is 4.79 Å². The Morgan fingerprint density at radius 2 is 2.17 bits per heavy atom. The predicted molar refractivity (Wildman–Crippen MR) is 83.7 cm³/mol. The maximum atomic E-state index is 11.9. The summed E-state index contributed by atoms with van der Waals surface area (Å²) in [5.41, 5.74) is 10.7. The minimum Gasteiger partial charge on any atom is -0.381 e. The van der Waals surface area contributed by atoms with E-state index in [2.05, 4.69) is 20.4 Å². The van der Waals surface area contributed by atoms with E-state index in [4.69, 9.17) is 16.2 Å². The maximum Gasteiger partial charge on any atom is 0.225 e. The number of carbonyl (C=O) groups is 1. The Hall–Kier alpha value is -2.68. The van der Waals surface area contributed by atoms with Gasteiger partial charge < -0.3 is 21.5 Å². The molecule has 0 bridgehead atoms. The van der Waals surface area contributed by atoms with E-state index in [1.807, 2.05) is 0 Å². The minimum atomic E-state index is -0.635. The highest BCUT2D eigenvalue weighted by Crippen LogP contribution is 2.30. The van der Waals surface area contributed by atoms with Gasteiger partial charge in [0.25, 0.3) is 0 Å². The molecular weight excluding hydrogens is 298 g/mol. The maximum absolute atomic E-state index is 11.9. The molecule has 0 atom stereocenters. The van der Waals surface area contributed by atoms with Crippen LogP contribution in [0.1, 0.15) is 12.8 Å². The van der Waals surface area contributed by atoms with Crippen LogP contribution in [0.15, 0.2) is 24.5 Å². The lowest BCUT2D eigenvalue weighted by atomic mass is 9.79. The number of nitrogen functional groups attached to an aromatic ring is 1. The Balaban J connectivity index is 1.78. The fraction of sp³-hybridized carbons (Fsp3) is 0.429. The molecule has 0 aliphatic carbocycles. The summed E-state index contributed by atoms with van der Waals surface area (Å²) in [5.74, 6) is 0.864. The highest BCUT2D eigenvalue weighted by Gasteiger charge is 2.38. The van der Waals surface area contributed by atoms with E-state index >= 15 is 0 Å². The third-order valence-electron chi connectivity index (χ3n) is 4.05. The molecule has 1 fully saturated rings. The Kier molecular flexibility index (Phi) is 4.11. The van der Waals surface area contributed by atoms with Crippen LogP contribution in [0, 0.1) is 5.41 Å². The highest BCUT2D eigenvalue weighted by molar-refractivity contribution is 5.81. The largest absolute Gasteiger partial charge is 0.381 e. The van der Waals surface area contributed by atoms with Crippen LogP contribution in [0.2, 0.25) is 0 Å². The van der Waals surface area contributed by atoms with Crippen molar-refractivity contribution in [3.8, 4) is 5.82 Å². The zero-order chi connectivity index (χ0) is 16.3. The number of nitrogens with two attached hydrogens (primary N) is 2. The average molecular weight is 317 g/mol. The number of hydrogen-bond acceptors (Lipinski definition) is 7. The number of anilines is 2. The lowest BCUT2D eigenvalue weighted by molar-refractivity contribution is -0.132. The Bertz CT molecular complexity index is 680. The molecule has 9 heteroatoms. The second-order valence-electron chi connectivity index (χ2n) is 5.53. The molecule has 0 spiro atoms. The first-order valence-corrected chi connectivity index (χ1v) is 7.35. The van der Waals surface area contributed by atoms with E-state index < -0.39 is 5.41 Å². The molecule has 3 heterocycles. The predicted octanol–water partition coefficient (Wildman–Crippen LogP) is -0.0615. The second kappa shape index (κ2) is 6.21. The van der Waals surface area contributed by atoms with E-state index in [-0.39, 0.29) is 11.9 Å². The number of amides is 1. The number of rotatable bonds is 5. The molecule has 1 aliphatic rings. The fourth-order valence-electron chi connectivity index (χ4n) is 2.60. The van der Waals surface area contributed by atoms with Gasteiger partial charge in [0.15, 0.2) is 5.82 Å². The summed E-state index contributed by atoms with van der Waals surface area (Å²) < 4.78 is 6.91. The van der Waals surface area contributed by atoms with Crippen LogP contribution in [0.25, 0.3) is 5.82 Å². The molecule has 2 aromatic rings. The van der Waals surface area contributed by atoms with Crippen molar-refractivity contribution < 1.29 is 9.53 Å². The summed E-state index contributed by atoms with van der Waals surface area (Å²) >= 11 is 0. The normalized spacial score (nSPS) is 16.9. The quantitative estimate of drug-likeness (QED) is 0.703. The smallest absolute Gasteiger partial charge is 0.225 e. The lowest BCUT2D eigenvalue weighted by Crippen LogP contribution is -2.46. The number of carbonyl (C=O) groups excluding carboxylic acids is 1. The van der Waals surface area contributed by atoms with Crippen LogP contribution in [0.3, 0.4) is 0 Å². The molecule has 0 unspecified atom stereocenters. The molecule has 0 aromatic carbocycles. The molecule has 1 amide bonds. The summed E-state index contributed by atoms with van der Waals surface area (Å²) in [7, 11) is 0. The molecule has 5 N–H and O–H groups in total. The van der Waals surface area contributed by atoms with Gasteiger partial charge in [0.1, 0.15) is 5.82 Å². The van der Waals surface area contributed by atoms with Gasteiger partial charge in [-0.15, -0.1) is 0 Å². The van der Waals surface area contributed by atoms with Crippen LogP contribution in [0.4, 0.5) is 11.8 Å². The molecule has 3 rings (SSSR count). The van der Waals surface area contributed by atoms with Crippen molar-refractivity contribution in [2.45, 2.75) is 12.8 Å². The molecule has 9 nitrogen and oxygen atoms in total. The lowest BCUT2D eigenvalue weighted by Gasteiger charge is -2.34. The van der Waals surface area contributed by atoms with Gasteiger partial charge >= 0.3 is 0 Å². The number of aromatic nitrogens is 4. The van der Waals surface area contributed by atoms with Crippen molar-refractivity contribution in [1.82, 2.24) is 19.7 Å². The third-order valence-corrected chi connectivity index (χ3v) is 4.05. The van der Waals surface area contributed by atoms with E-state index in [1.165, 1.54) is 0 Å². The van der Waals surface area contributed by atoms with Crippen molar-refractivity contribution >= 4 is 17.7 Å². The van der Waals surface area contributed by atoms with Gasteiger partial charge in [-0.05, 0) is 18.9 Å². The first-order chi connectivity index (χ1) is 11.1. The van der Waals surface area contributed by atoms with Gasteiger partial charge in [-0.1, -0.05) is 0 Å². The molecule has 1 aliphatic heterocycles. The number of nitrogens with one attached hydrogen (secondary N) is 1. The SMILES string of the molecule is NC(=O)C1(CNc2cc(-n3cccn3)nc(N)n2)CCOCC1. The fourth-order valence-corrected chi connectivity index (χ4v) is 2.60. The first-order valence-electron chi connectivity index (χ1n) is 7.35. The number of primary amides is 1. The average Bonchev–Trinajstić information content (AvgIpc) is 3.08.